The first kappa shape index (κ1) is 15.0. The molecule has 1 saturated heterocycles. The molecule has 1 aliphatic heterocycles. The summed E-state index contributed by atoms with van der Waals surface area (Å²) in [5.41, 5.74) is 7.22. The summed E-state index contributed by atoms with van der Waals surface area (Å²) in [5.74, 6) is -0.154. The van der Waals surface area contributed by atoms with Crippen LogP contribution in [-0.2, 0) is 14.3 Å². The minimum absolute atomic E-state index is 0.0194. The minimum atomic E-state index is -0.415. The van der Waals surface area contributed by atoms with E-state index < -0.39 is 5.60 Å². The summed E-state index contributed by atoms with van der Waals surface area (Å²) in [6, 6.07) is 7.66. The molecule has 0 aromatic heterocycles. The molecule has 0 unspecified atom stereocenters. The van der Waals surface area contributed by atoms with Crippen molar-refractivity contribution in [2.75, 3.05) is 31.7 Å². The number of benzene rings is 1. The van der Waals surface area contributed by atoms with E-state index in [4.69, 9.17) is 15.2 Å². The van der Waals surface area contributed by atoms with Gasteiger partial charge < -0.3 is 20.5 Å². The maximum absolute atomic E-state index is 12.0. The van der Waals surface area contributed by atoms with Crippen LogP contribution < -0.4 is 11.1 Å². The first-order valence-electron chi connectivity index (χ1n) is 6.92. The van der Waals surface area contributed by atoms with Crippen LogP contribution in [0.2, 0.25) is 0 Å². The van der Waals surface area contributed by atoms with Crippen LogP contribution in [0.3, 0.4) is 0 Å². The molecular weight excluding hydrogens is 256 g/mol. The highest BCUT2D eigenvalue weighted by Crippen LogP contribution is 2.24. The third kappa shape index (κ3) is 3.79. The molecule has 2 rings (SSSR count). The van der Waals surface area contributed by atoms with Crippen molar-refractivity contribution in [3.05, 3.63) is 29.8 Å². The Morgan fingerprint density at radius 1 is 1.40 bits per heavy atom. The summed E-state index contributed by atoms with van der Waals surface area (Å²) >= 11 is 0. The molecule has 110 valence electrons. The van der Waals surface area contributed by atoms with Gasteiger partial charge in [-0.25, -0.2) is 0 Å². The third-order valence-electron chi connectivity index (χ3n) is 3.70. The average Bonchev–Trinajstić information content (AvgIpc) is 2.49. The van der Waals surface area contributed by atoms with Gasteiger partial charge in [0.05, 0.1) is 5.60 Å². The monoisotopic (exact) mass is 278 g/mol. The molecule has 1 fully saturated rings. The molecule has 5 heteroatoms. The van der Waals surface area contributed by atoms with Crippen LogP contribution in [0, 0.1) is 6.92 Å². The first-order valence-corrected chi connectivity index (χ1v) is 6.92. The summed E-state index contributed by atoms with van der Waals surface area (Å²) in [6.45, 7) is 3.66. The fraction of sp³-hybridized carbons (Fsp3) is 0.533. The van der Waals surface area contributed by atoms with Crippen molar-refractivity contribution in [2.45, 2.75) is 25.4 Å². The van der Waals surface area contributed by atoms with Crippen LogP contribution in [0.25, 0.3) is 0 Å². The van der Waals surface area contributed by atoms with Gasteiger partial charge >= 0.3 is 0 Å². The highest BCUT2D eigenvalue weighted by molar-refractivity contribution is 5.92. The first-order chi connectivity index (χ1) is 9.65. The Morgan fingerprint density at radius 3 is 2.75 bits per heavy atom. The normalized spacial score (nSPS) is 17.7. The Bertz CT molecular complexity index is 456. The van der Waals surface area contributed by atoms with Gasteiger partial charge in [-0.2, -0.15) is 0 Å². The Kier molecular flexibility index (Phi) is 5.11. The van der Waals surface area contributed by atoms with Crippen LogP contribution in [0.4, 0.5) is 5.69 Å². The van der Waals surface area contributed by atoms with Gasteiger partial charge in [-0.1, -0.05) is 18.2 Å². The Hall–Kier alpha value is -1.43. The van der Waals surface area contributed by atoms with Crippen molar-refractivity contribution in [3.8, 4) is 0 Å². The second-order valence-corrected chi connectivity index (χ2v) is 5.15. The molecule has 1 aromatic carbocycles. The van der Waals surface area contributed by atoms with Crippen molar-refractivity contribution in [1.82, 2.24) is 0 Å². The van der Waals surface area contributed by atoms with Gasteiger partial charge in [-0.15, -0.1) is 0 Å². The number of amides is 1. The number of aryl methyl sites for hydroxylation is 1. The third-order valence-corrected chi connectivity index (χ3v) is 3.70. The highest BCUT2D eigenvalue weighted by Gasteiger charge is 2.32. The molecule has 1 amide bonds. The fourth-order valence-corrected chi connectivity index (χ4v) is 2.27. The maximum atomic E-state index is 12.0. The predicted octanol–water partition coefficient (Wildman–Crippen LogP) is 1.46. The molecule has 0 saturated carbocycles. The fourth-order valence-electron chi connectivity index (χ4n) is 2.27. The lowest BCUT2D eigenvalue weighted by molar-refractivity contribution is -0.137. The van der Waals surface area contributed by atoms with Crippen molar-refractivity contribution < 1.29 is 14.3 Å². The van der Waals surface area contributed by atoms with Crippen molar-refractivity contribution in [1.29, 1.82) is 0 Å². The number of rotatable bonds is 5. The molecule has 3 N–H and O–H groups in total. The molecule has 1 aromatic rings. The summed E-state index contributed by atoms with van der Waals surface area (Å²) < 4.78 is 11.1. The van der Waals surface area contributed by atoms with E-state index in [1.54, 1.807) is 0 Å². The quantitative estimate of drug-likeness (QED) is 0.855. The lowest BCUT2D eigenvalue weighted by Crippen LogP contribution is -2.46. The van der Waals surface area contributed by atoms with Gasteiger partial charge in [0.1, 0.15) is 6.61 Å². The van der Waals surface area contributed by atoms with E-state index in [1.165, 1.54) is 0 Å². The van der Waals surface area contributed by atoms with E-state index in [0.717, 1.165) is 24.1 Å². The summed E-state index contributed by atoms with van der Waals surface area (Å²) in [4.78, 5) is 12.0. The molecule has 5 nitrogen and oxygen atoms in total. The van der Waals surface area contributed by atoms with Crippen LogP contribution in [0.5, 0.6) is 0 Å². The van der Waals surface area contributed by atoms with Crippen LogP contribution in [0.15, 0.2) is 24.3 Å². The SMILES string of the molecule is Cc1ccccc1NC(=O)COC1(CN)CCOCC1. The number of ether oxygens (including phenoxy) is 2. The van der Waals surface area contributed by atoms with Crippen molar-refractivity contribution in [2.24, 2.45) is 5.73 Å². The van der Waals surface area contributed by atoms with Gasteiger partial charge in [-0.05, 0) is 18.6 Å². The lowest BCUT2D eigenvalue weighted by atomic mass is 9.94. The van der Waals surface area contributed by atoms with E-state index in [-0.39, 0.29) is 12.5 Å². The zero-order valence-corrected chi connectivity index (χ0v) is 11.9. The van der Waals surface area contributed by atoms with E-state index in [2.05, 4.69) is 5.32 Å². The van der Waals surface area contributed by atoms with Gasteiger partial charge in [0.2, 0.25) is 5.91 Å². The number of hydrogen-bond acceptors (Lipinski definition) is 4. The molecule has 1 heterocycles. The minimum Gasteiger partial charge on any atom is -0.381 e. The second kappa shape index (κ2) is 6.83. The molecule has 0 bridgehead atoms. The number of anilines is 1. The van der Waals surface area contributed by atoms with Gasteiger partial charge in [0.15, 0.2) is 0 Å². The molecule has 0 atom stereocenters. The van der Waals surface area contributed by atoms with Crippen molar-refractivity contribution >= 4 is 11.6 Å². The Labute approximate surface area is 119 Å². The van der Waals surface area contributed by atoms with Gasteiger partial charge in [-0.3, -0.25) is 4.79 Å². The zero-order chi connectivity index (χ0) is 14.4. The molecule has 20 heavy (non-hydrogen) atoms. The van der Waals surface area contributed by atoms with Gasteiger partial charge in [0, 0.05) is 38.3 Å². The van der Waals surface area contributed by atoms with Crippen molar-refractivity contribution in [3.63, 3.8) is 0 Å². The number of para-hydroxylation sites is 1. The molecule has 1 aliphatic rings. The summed E-state index contributed by atoms with van der Waals surface area (Å²) in [6.07, 6.45) is 1.47. The van der Waals surface area contributed by atoms with E-state index in [0.29, 0.717) is 19.8 Å². The van der Waals surface area contributed by atoms with Crippen LogP contribution in [-0.4, -0.2) is 37.9 Å². The average molecular weight is 278 g/mol. The predicted molar refractivity (Wildman–Crippen MR) is 77.6 cm³/mol. The summed E-state index contributed by atoms with van der Waals surface area (Å²) in [5, 5.41) is 2.86. The highest BCUT2D eigenvalue weighted by atomic mass is 16.5. The Morgan fingerprint density at radius 2 is 2.10 bits per heavy atom. The maximum Gasteiger partial charge on any atom is 0.250 e. The van der Waals surface area contributed by atoms with Crippen LogP contribution in [0.1, 0.15) is 18.4 Å². The largest absolute Gasteiger partial charge is 0.381 e. The molecular formula is C15H22N2O3. The smallest absolute Gasteiger partial charge is 0.250 e. The van der Waals surface area contributed by atoms with Crippen LogP contribution >= 0.6 is 0 Å². The Balaban J connectivity index is 1.87. The second-order valence-electron chi connectivity index (χ2n) is 5.15. The summed E-state index contributed by atoms with van der Waals surface area (Å²) in [7, 11) is 0. The molecule has 0 spiro atoms. The molecule has 0 aliphatic carbocycles. The standard InChI is InChI=1S/C15H22N2O3/c1-12-4-2-3-5-13(12)17-14(18)10-20-15(11-16)6-8-19-9-7-15/h2-5H,6-11,16H2,1H3,(H,17,18). The number of carbonyl (C=O) groups is 1. The number of nitrogens with one attached hydrogen (secondary N) is 1. The topological polar surface area (TPSA) is 73.6 Å². The molecule has 0 radical (unpaired) electrons. The van der Waals surface area contributed by atoms with E-state index in [1.807, 2.05) is 31.2 Å². The number of nitrogens with two attached hydrogens (primary N) is 1. The lowest BCUT2D eigenvalue weighted by Gasteiger charge is -2.35. The number of carbonyl (C=O) groups excluding carboxylic acids is 1. The zero-order valence-electron chi connectivity index (χ0n) is 11.9. The van der Waals surface area contributed by atoms with E-state index in [9.17, 15) is 4.79 Å². The van der Waals surface area contributed by atoms with E-state index >= 15 is 0 Å². The number of hydrogen-bond donors (Lipinski definition) is 2. The van der Waals surface area contributed by atoms with Gasteiger partial charge in [0.25, 0.3) is 0 Å².